The molecule has 4 aliphatic heterocycles. The van der Waals surface area contributed by atoms with Crippen LogP contribution in [0, 0.1) is 132 Å². The van der Waals surface area contributed by atoms with Gasteiger partial charge in [0.15, 0.2) is 5.60 Å². The van der Waals surface area contributed by atoms with Gasteiger partial charge < -0.3 is 40.4 Å². The molecule has 2 aromatic rings. The van der Waals surface area contributed by atoms with Crippen LogP contribution in [0.2, 0.25) is 0 Å². The summed E-state index contributed by atoms with van der Waals surface area (Å²) in [5, 5.41) is 38.9. The van der Waals surface area contributed by atoms with Crippen molar-refractivity contribution in [2.24, 2.45) is 54.5 Å². The van der Waals surface area contributed by atoms with Crippen LogP contribution in [0.15, 0.2) is 48.9 Å². The van der Waals surface area contributed by atoms with E-state index in [1.54, 1.807) is 25.5 Å². The predicted octanol–water partition coefficient (Wildman–Crippen LogP) is 14.7. The average Bonchev–Trinajstić information content (AvgIpc) is 0.749. The van der Waals surface area contributed by atoms with E-state index in [1.807, 2.05) is 65.0 Å². The Morgan fingerprint density at radius 2 is 0.883 bits per heavy atom. The molecule has 4 saturated carbocycles. The molecule has 6 heterocycles. The number of likely N-dealkylation sites (tertiary alicyclic amines) is 1. The predicted molar refractivity (Wildman–Crippen MR) is 388 cm³/mol. The first kappa shape index (κ1) is 83.1. The number of aliphatic hydroxyl groups is 4. The molecule has 4 saturated heterocycles. The van der Waals surface area contributed by atoms with Gasteiger partial charge in [0, 0.05) is 99.3 Å². The number of ether oxygens (including phenoxy) is 3. The fourth-order valence-corrected chi connectivity index (χ4v) is 10.4. The summed E-state index contributed by atoms with van der Waals surface area (Å²) in [4.78, 5) is 10.7. The van der Waals surface area contributed by atoms with Crippen LogP contribution in [0.1, 0.15) is 254 Å². The summed E-state index contributed by atoms with van der Waals surface area (Å²) >= 11 is 0. The zero-order chi connectivity index (χ0) is 71.5. The van der Waals surface area contributed by atoms with Gasteiger partial charge in [-0.2, -0.15) is 0 Å². The largest absolute Gasteiger partial charge is 0.381 e. The van der Waals surface area contributed by atoms with E-state index in [0.29, 0.717) is 35.0 Å². The minimum atomic E-state index is -0.854. The fraction of sp³-hybridized carbons (Fsp3) is 0.711. The number of hydrogen-bond acceptors (Lipinski definition) is 11. The summed E-state index contributed by atoms with van der Waals surface area (Å²) in [5.74, 6) is 42.1. The van der Waals surface area contributed by atoms with E-state index in [2.05, 4.69) is 222 Å². The van der Waals surface area contributed by atoms with Crippen molar-refractivity contribution in [2.45, 2.75) is 277 Å². The van der Waals surface area contributed by atoms with E-state index < -0.39 is 22.4 Å². The molecule has 0 bridgehead atoms. The molecule has 0 radical (unpaired) electrons. The summed E-state index contributed by atoms with van der Waals surface area (Å²) in [6, 6.07) is 9.61. The van der Waals surface area contributed by atoms with Gasteiger partial charge in [0.05, 0.1) is 32.0 Å². The third-order valence-electron chi connectivity index (χ3n) is 15.9. The number of rotatable bonds is 0. The Balaban J connectivity index is 0.000000281. The number of nitrogens with two attached hydrogens (primary N) is 1. The lowest BCUT2D eigenvalue weighted by Gasteiger charge is -2.57. The van der Waals surface area contributed by atoms with Crippen LogP contribution in [0.25, 0.3) is 0 Å². The normalized spacial score (nSPS) is 21.5. The van der Waals surface area contributed by atoms with Crippen LogP contribution in [-0.4, -0.2) is 122 Å². The molecule has 94 heavy (non-hydrogen) atoms. The van der Waals surface area contributed by atoms with Crippen LogP contribution in [0.3, 0.4) is 0 Å². The quantitative estimate of drug-likeness (QED) is 0.160. The van der Waals surface area contributed by atoms with Gasteiger partial charge in [0.25, 0.3) is 0 Å². The smallest absolute Gasteiger partial charge is 0.171 e. The van der Waals surface area contributed by atoms with Crippen molar-refractivity contribution < 1.29 is 34.6 Å². The summed E-state index contributed by atoms with van der Waals surface area (Å²) < 4.78 is 15.3. The van der Waals surface area contributed by atoms with Crippen LogP contribution in [-0.2, 0) is 14.2 Å². The lowest BCUT2D eigenvalue weighted by molar-refractivity contribution is -0.219. The summed E-state index contributed by atoms with van der Waals surface area (Å²) in [6.07, 6.45) is 18.1. The molecule has 10 rings (SSSR count). The molecule has 3 spiro atoms. The highest BCUT2D eigenvalue weighted by molar-refractivity contribution is 5.33. The van der Waals surface area contributed by atoms with Gasteiger partial charge in [-0.25, -0.2) is 4.98 Å². The number of aromatic nitrogens is 2. The highest BCUT2D eigenvalue weighted by Gasteiger charge is 2.58. The molecule has 11 heteroatoms. The van der Waals surface area contributed by atoms with Crippen molar-refractivity contribution in [2.75, 3.05) is 52.7 Å². The molecule has 6 N–H and O–H groups in total. The lowest BCUT2D eigenvalue weighted by Crippen LogP contribution is -2.63. The maximum absolute atomic E-state index is 10.1. The van der Waals surface area contributed by atoms with Crippen molar-refractivity contribution in [1.82, 2.24) is 14.9 Å². The van der Waals surface area contributed by atoms with Crippen molar-refractivity contribution in [3.63, 3.8) is 0 Å². The molecule has 8 fully saturated rings. The minimum Gasteiger partial charge on any atom is -0.381 e. The lowest BCUT2D eigenvalue weighted by atomic mass is 9.50. The summed E-state index contributed by atoms with van der Waals surface area (Å²) in [7, 11) is 0. The second kappa shape index (κ2) is 33.4. The van der Waals surface area contributed by atoms with E-state index in [1.165, 1.54) is 45.2 Å². The number of pyridine rings is 2. The van der Waals surface area contributed by atoms with Crippen LogP contribution >= 0.6 is 0 Å². The van der Waals surface area contributed by atoms with Crippen LogP contribution in [0.5, 0.6) is 0 Å². The number of nitrogens with zero attached hydrogens (tertiary/aromatic N) is 3. The third kappa shape index (κ3) is 34.2. The van der Waals surface area contributed by atoms with Gasteiger partial charge in [0.1, 0.15) is 22.5 Å². The second-order valence-electron chi connectivity index (χ2n) is 35.7. The topological polar surface area (TPSA) is 164 Å². The summed E-state index contributed by atoms with van der Waals surface area (Å²) in [6.45, 7) is 56.6. The molecule has 0 amide bonds. The van der Waals surface area contributed by atoms with Gasteiger partial charge in [-0.15, -0.1) is 5.92 Å². The van der Waals surface area contributed by atoms with Crippen molar-refractivity contribution in [1.29, 1.82) is 0 Å². The van der Waals surface area contributed by atoms with Gasteiger partial charge in [-0.3, -0.25) is 9.88 Å². The number of hydrogen-bond donors (Lipinski definition) is 5. The molecule has 0 aromatic carbocycles. The van der Waals surface area contributed by atoms with E-state index in [9.17, 15) is 20.4 Å². The molecule has 0 atom stereocenters. The van der Waals surface area contributed by atoms with E-state index in [0.717, 1.165) is 82.6 Å². The minimum absolute atomic E-state index is 0.0120. The molecular weight excluding hydrogens is 1160 g/mol. The SMILES string of the molecule is CC#CC1(O)CC2(COC2)C1.CC(C)(C)C#CC(C)(C)N.CC(C)(C)C#CC1(O)CC2(CCC2)C1.CC(C)(C)C#CC1(O)CCC1.CC(C)(C)C#CC1(O)COC1.CC(C)(C)C#Cc1ccccn1.CC(C)(C)C#Cc1cccnc1.CC(C)(C)N1CC2(CCOCC2)C1. The van der Waals surface area contributed by atoms with Gasteiger partial charge in [-0.1, -0.05) is 83.5 Å². The van der Waals surface area contributed by atoms with Gasteiger partial charge in [-0.05, 0) is 272 Å². The standard InChI is InChI=1S/C13H20O.C11H21NO.2C11H13N.C10H16O.C9H17N.C9H12O2.C9H14O2/c1-11(2,3)7-8-13(14)9-12(10-13)5-4-6-12;1-10(2,3)12-8-11(9-12)4-6-13-7-5-11;1-11(2,3)7-6-10-5-4-8-12-9-10;1-11(2,3)8-7-10-6-4-5-9-12-10;1-9(2,3)7-8-10(11)5-4-6-10;1-8(2,3)6-7-9(4,5)10;1-2-3-9(10)4-8(5-9)6-11-7-8;1-8(2,3)4-5-9(10)6-11-7-9/h14H,4-6,9-10H2,1-3H3;4-9H2,1-3H3;4-5,8-9H,1-3H3;4-6,9H,1-3H3;11H,4-6H2,1-3H3;10H2,1-5H3;10H,4-7H2,1H3;10H,6-7H2,1-3H3. The summed E-state index contributed by atoms with van der Waals surface area (Å²) in [5.41, 5.74) is 6.30. The molecular formula is C83H126N4O7. The van der Waals surface area contributed by atoms with Gasteiger partial charge in [0.2, 0.25) is 0 Å². The first-order chi connectivity index (χ1) is 42.7. The Labute approximate surface area is 573 Å². The molecule has 0 unspecified atom stereocenters. The van der Waals surface area contributed by atoms with Gasteiger partial charge >= 0.3 is 0 Å². The van der Waals surface area contributed by atoms with Crippen LogP contribution in [0.4, 0.5) is 0 Å². The molecule has 8 aliphatic rings. The van der Waals surface area contributed by atoms with Crippen molar-refractivity contribution in [3.05, 3.63) is 60.2 Å². The van der Waals surface area contributed by atoms with Crippen molar-refractivity contribution >= 4 is 0 Å². The highest BCUT2D eigenvalue weighted by Crippen LogP contribution is 2.60. The Kier molecular flexibility index (Phi) is 29.5. The van der Waals surface area contributed by atoms with E-state index in [-0.39, 0.29) is 38.0 Å². The Hall–Kier alpha value is -5.14. The molecule has 2 aromatic heterocycles. The highest BCUT2D eigenvalue weighted by atomic mass is 16.5. The molecule has 11 nitrogen and oxygen atoms in total. The van der Waals surface area contributed by atoms with E-state index >= 15 is 0 Å². The first-order valence-electron chi connectivity index (χ1n) is 34.4. The Morgan fingerprint density at radius 3 is 1.22 bits per heavy atom. The average molecular weight is 1290 g/mol. The molecule has 520 valence electrons. The third-order valence-corrected chi connectivity index (χ3v) is 15.9. The maximum atomic E-state index is 10.1. The zero-order valence-corrected chi connectivity index (χ0v) is 63.2. The monoisotopic (exact) mass is 1290 g/mol. The second-order valence-corrected chi connectivity index (χ2v) is 35.7. The zero-order valence-electron chi connectivity index (χ0n) is 63.2. The first-order valence-corrected chi connectivity index (χ1v) is 34.4. The Bertz CT molecular complexity index is 2990. The van der Waals surface area contributed by atoms with Crippen molar-refractivity contribution in [3.8, 4) is 82.9 Å². The Morgan fingerprint density at radius 1 is 0.436 bits per heavy atom. The maximum Gasteiger partial charge on any atom is 0.171 e. The fourth-order valence-electron chi connectivity index (χ4n) is 10.4. The van der Waals surface area contributed by atoms with E-state index in [4.69, 9.17) is 19.9 Å². The molecule has 4 aliphatic carbocycles. The van der Waals surface area contributed by atoms with Crippen LogP contribution < -0.4 is 5.73 Å².